The van der Waals surface area contributed by atoms with Crippen molar-refractivity contribution in [1.82, 2.24) is 5.32 Å². The van der Waals surface area contributed by atoms with Crippen LogP contribution in [0, 0.1) is 11.3 Å². The molecular formula is C11H21N. The van der Waals surface area contributed by atoms with Gasteiger partial charge in [0.05, 0.1) is 0 Å². The molecule has 0 aromatic rings. The Hall–Kier alpha value is -0.0400. The predicted molar refractivity (Wildman–Crippen MR) is 52.1 cm³/mol. The van der Waals surface area contributed by atoms with Crippen LogP contribution in [0.2, 0.25) is 0 Å². The van der Waals surface area contributed by atoms with E-state index in [1.54, 1.807) is 0 Å². The Kier molecular flexibility index (Phi) is 2.16. The molecule has 0 aromatic carbocycles. The Morgan fingerprint density at radius 3 is 2.42 bits per heavy atom. The molecule has 1 heteroatoms. The van der Waals surface area contributed by atoms with E-state index in [9.17, 15) is 0 Å². The van der Waals surface area contributed by atoms with Gasteiger partial charge in [-0.05, 0) is 30.6 Å². The third kappa shape index (κ3) is 1.82. The number of hydrogen-bond donors (Lipinski definition) is 1. The first-order valence-corrected chi connectivity index (χ1v) is 5.43. The minimum atomic E-state index is 0.641. The standard InChI is InChI=1S/C11H21N/c1-9-7-10(9)12-8-11(2)5-3-4-6-11/h9-10,12H,3-8H2,1-2H3. The van der Waals surface area contributed by atoms with Crippen molar-refractivity contribution in [3.8, 4) is 0 Å². The van der Waals surface area contributed by atoms with Gasteiger partial charge >= 0.3 is 0 Å². The van der Waals surface area contributed by atoms with Crippen molar-refractivity contribution < 1.29 is 0 Å². The second kappa shape index (κ2) is 3.02. The van der Waals surface area contributed by atoms with E-state index >= 15 is 0 Å². The second-order valence-corrected chi connectivity index (χ2v) is 5.22. The van der Waals surface area contributed by atoms with Gasteiger partial charge in [0.1, 0.15) is 0 Å². The van der Waals surface area contributed by atoms with Gasteiger partial charge in [-0.15, -0.1) is 0 Å². The van der Waals surface area contributed by atoms with Crippen LogP contribution in [0.3, 0.4) is 0 Å². The molecule has 0 saturated heterocycles. The lowest BCUT2D eigenvalue weighted by Crippen LogP contribution is -2.31. The van der Waals surface area contributed by atoms with Gasteiger partial charge in [0, 0.05) is 12.6 Å². The summed E-state index contributed by atoms with van der Waals surface area (Å²) in [5.74, 6) is 0.954. The maximum absolute atomic E-state index is 3.69. The van der Waals surface area contributed by atoms with Crippen molar-refractivity contribution in [2.24, 2.45) is 11.3 Å². The molecule has 0 amide bonds. The maximum atomic E-state index is 3.69. The van der Waals surface area contributed by atoms with Crippen molar-refractivity contribution in [2.75, 3.05) is 6.54 Å². The molecule has 2 atom stereocenters. The maximum Gasteiger partial charge on any atom is 0.00966 e. The molecule has 12 heavy (non-hydrogen) atoms. The highest BCUT2D eigenvalue weighted by molar-refractivity contribution is 4.92. The number of hydrogen-bond acceptors (Lipinski definition) is 1. The van der Waals surface area contributed by atoms with E-state index in [-0.39, 0.29) is 0 Å². The predicted octanol–water partition coefficient (Wildman–Crippen LogP) is 2.56. The van der Waals surface area contributed by atoms with Crippen LogP contribution >= 0.6 is 0 Å². The minimum Gasteiger partial charge on any atom is -0.313 e. The lowest BCUT2D eigenvalue weighted by molar-refractivity contribution is 0.312. The second-order valence-electron chi connectivity index (χ2n) is 5.22. The smallest absolute Gasteiger partial charge is 0.00966 e. The van der Waals surface area contributed by atoms with Crippen molar-refractivity contribution in [2.45, 2.75) is 52.0 Å². The SMILES string of the molecule is CC1CC1NCC1(C)CCCC1. The van der Waals surface area contributed by atoms with E-state index in [1.807, 2.05) is 0 Å². The number of rotatable bonds is 3. The van der Waals surface area contributed by atoms with E-state index in [0.717, 1.165) is 12.0 Å². The lowest BCUT2D eigenvalue weighted by Gasteiger charge is -2.23. The normalized spacial score (nSPS) is 38.5. The topological polar surface area (TPSA) is 12.0 Å². The average molecular weight is 167 g/mol. The van der Waals surface area contributed by atoms with Crippen molar-refractivity contribution >= 4 is 0 Å². The summed E-state index contributed by atoms with van der Waals surface area (Å²) >= 11 is 0. The van der Waals surface area contributed by atoms with Crippen LogP contribution in [0.5, 0.6) is 0 Å². The summed E-state index contributed by atoms with van der Waals surface area (Å²) in [7, 11) is 0. The van der Waals surface area contributed by atoms with Crippen LogP contribution < -0.4 is 5.32 Å². The van der Waals surface area contributed by atoms with E-state index in [4.69, 9.17) is 0 Å². The van der Waals surface area contributed by atoms with Crippen molar-refractivity contribution in [1.29, 1.82) is 0 Å². The third-order valence-corrected chi connectivity index (χ3v) is 3.71. The summed E-state index contributed by atoms with van der Waals surface area (Å²) in [6.07, 6.45) is 7.22. The van der Waals surface area contributed by atoms with Gasteiger partial charge in [0.15, 0.2) is 0 Å². The Balaban J connectivity index is 1.71. The fraction of sp³-hybridized carbons (Fsp3) is 1.00. The first kappa shape index (κ1) is 8.55. The molecule has 0 radical (unpaired) electrons. The van der Waals surface area contributed by atoms with Crippen LogP contribution in [0.4, 0.5) is 0 Å². The lowest BCUT2D eigenvalue weighted by atomic mass is 9.89. The summed E-state index contributed by atoms with van der Waals surface area (Å²) in [5.41, 5.74) is 0.641. The molecule has 0 spiro atoms. The summed E-state index contributed by atoms with van der Waals surface area (Å²) in [4.78, 5) is 0. The van der Waals surface area contributed by atoms with E-state index in [1.165, 1.54) is 38.6 Å². The molecule has 1 nitrogen and oxygen atoms in total. The molecule has 0 aromatic heterocycles. The highest BCUT2D eigenvalue weighted by Crippen LogP contribution is 2.38. The number of nitrogens with one attached hydrogen (secondary N) is 1. The zero-order valence-corrected chi connectivity index (χ0v) is 8.40. The molecule has 0 aliphatic heterocycles. The van der Waals surface area contributed by atoms with Crippen LogP contribution in [0.15, 0.2) is 0 Å². The summed E-state index contributed by atoms with van der Waals surface area (Å²) in [6, 6.07) is 0.863. The van der Waals surface area contributed by atoms with Crippen LogP contribution in [0.25, 0.3) is 0 Å². The largest absolute Gasteiger partial charge is 0.313 e. The summed E-state index contributed by atoms with van der Waals surface area (Å²) in [5, 5.41) is 3.69. The van der Waals surface area contributed by atoms with Gasteiger partial charge in [-0.3, -0.25) is 0 Å². The Morgan fingerprint density at radius 2 is 1.92 bits per heavy atom. The highest BCUT2D eigenvalue weighted by Gasteiger charge is 2.35. The summed E-state index contributed by atoms with van der Waals surface area (Å²) < 4.78 is 0. The molecule has 0 bridgehead atoms. The minimum absolute atomic E-state index is 0.641. The molecular weight excluding hydrogens is 146 g/mol. The molecule has 0 heterocycles. The van der Waals surface area contributed by atoms with Crippen LogP contribution in [0.1, 0.15) is 46.0 Å². The van der Waals surface area contributed by atoms with E-state index < -0.39 is 0 Å². The molecule has 2 aliphatic rings. The van der Waals surface area contributed by atoms with Crippen molar-refractivity contribution in [3.63, 3.8) is 0 Å². The Labute approximate surface area is 75.9 Å². The summed E-state index contributed by atoms with van der Waals surface area (Å²) in [6.45, 7) is 6.05. The van der Waals surface area contributed by atoms with Gasteiger partial charge in [-0.1, -0.05) is 26.7 Å². The third-order valence-electron chi connectivity index (χ3n) is 3.71. The molecule has 2 aliphatic carbocycles. The monoisotopic (exact) mass is 167 g/mol. The molecule has 2 saturated carbocycles. The van der Waals surface area contributed by atoms with Gasteiger partial charge in [-0.2, -0.15) is 0 Å². The van der Waals surface area contributed by atoms with Crippen LogP contribution in [-0.4, -0.2) is 12.6 Å². The van der Waals surface area contributed by atoms with Crippen molar-refractivity contribution in [3.05, 3.63) is 0 Å². The zero-order valence-electron chi connectivity index (χ0n) is 8.40. The van der Waals surface area contributed by atoms with Gasteiger partial charge < -0.3 is 5.32 Å². The molecule has 2 fully saturated rings. The Bertz CT molecular complexity index is 158. The first-order valence-electron chi connectivity index (χ1n) is 5.43. The van der Waals surface area contributed by atoms with Gasteiger partial charge in [0.25, 0.3) is 0 Å². The quantitative estimate of drug-likeness (QED) is 0.681. The fourth-order valence-electron chi connectivity index (χ4n) is 2.39. The first-order chi connectivity index (χ1) is 5.70. The zero-order chi connectivity index (χ0) is 8.60. The average Bonchev–Trinajstić information content (AvgIpc) is 2.55. The molecule has 2 rings (SSSR count). The molecule has 70 valence electrons. The van der Waals surface area contributed by atoms with E-state index in [2.05, 4.69) is 19.2 Å². The van der Waals surface area contributed by atoms with Crippen LogP contribution in [-0.2, 0) is 0 Å². The highest BCUT2D eigenvalue weighted by atomic mass is 15.0. The fourth-order valence-corrected chi connectivity index (χ4v) is 2.39. The van der Waals surface area contributed by atoms with Gasteiger partial charge in [-0.25, -0.2) is 0 Å². The van der Waals surface area contributed by atoms with Gasteiger partial charge in [0.2, 0.25) is 0 Å². The Morgan fingerprint density at radius 1 is 1.33 bits per heavy atom. The molecule has 1 N–H and O–H groups in total. The molecule has 2 unspecified atom stereocenters. The van der Waals surface area contributed by atoms with E-state index in [0.29, 0.717) is 5.41 Å².